The van der Waals surface area contributed by atoms with Crippen LogP contribution in [0.3, 0.4) is 0 Å². The summed E-state index contributed by atoms with van der Waals surface area (Å²) in [5.41, 5.74) is -1.58. The molecule has 0 aliphatic carbocycles. The number of methoxy groups -OCH3 is 1. The van der Waals surface area contributed by atoms with E-state index >= 15 is 0 Å². The smallest absolute Gasteiger partial charge is 0.416 e. The maximum Gasteiger partial charge on any atom is 0.416 e. The van der Waals surface area contributed by atoms with Crippen LogP contribution in [-0.4, -0.2) is 26.3 Å². The standard InChI is InChI=1S/C23H22F3NO2/c1-27(2)18-12-8-16(9-13-18)22(28,17-10-14-19(29-3)15-11-17)20-6-4-5-7-21(20)23(24,25)26/h4-15,28H,1-3H3. The maximum atomic E-state index is 13.8. The fraction of sp³-hybridized carbons (Fsp3) is 0.217. The van der Waals surface area contributed by atoms with Crippen LogP contribution in [0, 0.1) is 0 Å². The van der Waals surface area contributed by atoms with Gasteiger partial charge in [0.2, 0.25) is 0 Å². The van der Waals surface area contributed by atoms with Gasteiger partial charge in [0.05, 0.1) is 12.7 Å². The van der Waals surface area contributed by atoms with Crippen molar-refractivity contribution < 1.29 is 23.0 Å². The molecule has 3 aromatic carbocycles. The molecule has 152 valence electrons. The van der Waals surface area contributed by atoms with Crippen molar-refractivity contribution in [2.45, 2.75) is 11.8 Å². The molecular weight excluding hydrogens is 379 g/mol. The number of rotatable bonds is 5. The highest BCUT2D eigenvalue weighted by molar-refractivity contribution is 5.55. The van der Waals surface area contributed by atoms with Gasteiger partial charge in [-0.1, -0.05) is 42.5 Å². The first-order chi connectivity index (χ1) is 13.7. The van der Waals surface area contributed by atoms with Crippen molar-refractivity contribution in [3.63, 3.8) is 0 Å². The number of aliphatic hydroxyl groups is 1. The maximum absolute atomic E-state index is 13.8. The molecule has 0 heterocycles. The lowest BCUT2D eigenvalue weighted by Crippen LogP contribution is -2.32. The van der Waals surface area contributed by atoms with Crippen LogP contribution >= 0.6 is 0 Å². The van der Waals surface area contributed by atoms with Crippen LogP contribution < -0.4 is 9.64 Å². The van der Waals surface area contributed by atoms with Gasteiger partial charge in [0.1, 0.15) is 11.4 Å². The molecule has 3 nitrogen and oxygen atoms in total. The molecule has 0 saturated carbocycles. The molecule has 0 bridgehead atoms. The molecule has 1 atom stereocenters. The highest BCUT2D eigenvalue weighted by Crippen LogP contribution is 2.43. The first kappa shape index (κ1) is 20.7. The minimum absolute atomic E-state index is 0.227. The van der Waals surface area contributed by atoms with Gasteiger partial charge in [-0.3, -0.25) is 0 Å². The Labute approximate surface area is 168 Å². The molecule has 0 aromatic heterocycles. The third-order valence-corrected chi connectivity index (χ3v) is 4.93. The molecule has 0 aliphatic rings. The zero-order valence-corrected chi connectivity index (χ0v) is 16.4. The SMILES string of the molecule is COc1ccc(C(O)(c2ccc(N(C)C)cc2)c2ccccc2C(F)(F)F)cc1. The van der Waals surface area contributed by atoms with Gasteiger partial charge in [-0.25, -0.2) is 0 Å². The highest BCUT2D eigenvalue weighted by atomic mass is 19.4. The number of anilines is 1. The van der Waals surface area contributed by atoms with E-state index < -0.39 is 17.3 Å². The molecular formula is C23H22F3NO2. The zero-order valence-electron chi connectivity index (χ0n) is 16.4. The zero-order chi connectivity index (χ0) is 21.2. The average Bonchev–Trinajstić information content (AvgIpc) is 2.72. The summed E-state index contributed by atoms with van der Waals surface area (Å²) in [5, 5.41) is 11.8. The summed E-state index contributed by atoms with van der Waals surface area (Å²) in [5.74, 6) is 0.545. The van der Waals surface area contributed by atoms with Crippen LogP contribution in [0.4, 0.5) is 18.9 Å². The third-order valence-electron chi connectivity index (χ3n) is 4.93. The topological polar surface area (TPSA) is 32.7 Å². The minimum atomic E-state index is -4.61. The van der Waals surface area contributed by atoms with Crippen LogP contribution in [0.1, 0.15) is 22.3 Å². The van der Waals surface area contributed by atoms with Crippen LogP contribution in [0.15, 0.2) is 72.8 Å². The molecule has 0 saturated heterocycles. The van der Waals surface area contributed by atoms with Crippen molar-refractivity contribution in [1.82, 2.24) is 0 Å². The van der Waals surface area contributed by atoms with Crippen LogP contribution in [0.5, 0.6) is 5.75 Å². The molecule has 3 rings (SSSR count). The molecule has 6 heteroatoms. The van der Waals surface area contributed by atoms with Crippen molar-refractivity contribution in [2.24, 2.45) is 0 Å². The Bertz CT molecular complexity index is 967. The van der Waals surface area contributed by atoms with Crippen molar-refractivity contribution in [2.75, 3.05) is 26.1 Å². The second-order valence-corrected chi connectivity index (χ2v) is 6.92. The Morgan fingerprint density at radius 2 is 1.24 bits per heavy atom. The van der Waals surface area contributed by atoms with E-state index in [-0.39, 0.29) is 5.56 Å². The molecule has 29 heavy (non-hydrogen) atoms. The second kappa shape index (κ2) is 7.79. The molecule has 0 fully saturated rings. The number of nitrogens with zero attached hydrogens (tertiary/aromatic N) is 1. The number of alkyl halides is 3. The van der Waals surface area contributed by atoms with E-state index in [1.165, 1.54) is 25.3 Å². The van der Waals surface area contributed by atoms with Gasteiger partial charge in [0.15, 0.2) is 0 Å². The van der Waals surface area contributed by atoms with Crippen molar-refractivity contribution in [1.29, 1.82) is 0 Å². The molecule has 3 aromatic rings. The summed E-state index contributed by atoms with van der Waals surface area (Å²) < 4.78 is 46.4. The number of benzene rings is 3. The van der Waals surface area contributed by atoms with Gasteiger partial charge in [-0.2, -0.15) is 13.2 Å². The van der Waals surface area contributed by atoms with Gasteiger partial charge in [0.25, 0.3) is 0 Å². The number of halogens is 3. The summed E-state index contributed by atoms with van der Waals surface area (Å²) in [7, 11) is 5.23. The minimum Gasteiger partial charge on any atom is -0.497 e. The summed E-state index contributed by atoms with van der Waals surface area (Å²) in [6.07, 6.45) is -4.61. The Morgan fingerprint density at radius 3 is 1.69 bits per heavy atom. The van der Waals surface area contributed by atoms with Crippen LogP contribution in [0.2, 0.25) is 0 Å². The van der Waals surface area contributed by atoms with Gasteiger partial charge in [-0.05, 0) is 41.5 Å². The van der Waals surface area contributed by atoms with E-state index in [1.54, 1.807) is 48.5 Å². The molecule has 1 N–H and O–H groups in total. The Hall–Kier alpha value is -2.99. The van der Waals surface area contributed by atoms with E-state index in [9.17, 15) is 18.3 Å². The Balaban J connectivity index is 2.27. The first-order valence-corrected chi connectivity index (χ1v) is 8.99. The summed E-state index contributed by atoms with van der Waals surface area (Å²) in [4.78, 5) is 1.87. The average molecular weight is 401 g/mol. The van der Waals surface area contributed by atoms with Crippen LogP contribution in [-0.2, 0) is 11.8 Å². The molecule has 0 spiro atoms. The van der Waals surface area contributed by atoms with Gasteiger partial charge in [0, 0.05) is 25.3 Å². The summed E-state index contributed by atoms with van der Waals surface area (Å²) >= 11 is 0. The monoisotopic (exact) mass is 401 g/mol. The fourth-order valence-corrected chi connectivity index (χ4v) is 3.36. The highest BCUT2D eigenvalue weighted by Gasteiger charge is 2.42. The number of hydrogen-bond acceptors (Lipinski definition) is 3. The van der Waals surface area contributed by atoms with Crippen molar-refractivity contribution in [3.05, 3.63) is 95.1 Å². The molecule has 1 unspecified atom stereocenters. The Morgan fingerprint density at radius 1 is 0.759 bits per heavy atom. The predicted octanol–water partition coefficient (Wildman–Crippen LogP) is 5.06. The van der Waals surface area contributed by atoms with Gasteiger partial charge < -0.3 is 14.7 Å². The van der Waals surface area contributed by atoms with E-state index in [1.807, 2.05) is 19.0 Å². The van der Waals surface area contributed by atoms with E-state index in [4.69, 9.17) is 4.74 Å². The molecule has 0 aliphatic heterocycles. The first-order valence-electron chi connectivity index (χ1n) is 8.99. The van der Waals surface area contributed by atoms with E-state index in [0.29, 0.717) is 16.9 Å². The lowest BCUT2D eigenvalue weighted by atomic mass is 9.78. The lowest BCUT2D eigenvalue weighted by Gasteiger charge is -2.32. The quantitative estimate of drug-likeness (QED) is 0.607. The van der Waals surface area contributed by atoms with Crippen molar-refractivity contribution >= 4 is 5.69 Å². The van der Waals surface area contributed by atoms with Gasteiger partial charge in [-0.15, -0.1) is 0 Å². The van der Waals surface area contributed by atoms with E-state index in [0.717, 1.165) is 11.8 Å². The second-order valence-electron chi connectivity index (χ2n) is 6.92. The lowest BCUT2D eigenvalue weighted by molar-refractivity contribution is -0.139. The molecule has 0 amide bonds. The fourth-order valence-electron chi connectivity index (χ4n) is 3.36. The number of ether oxygens (including phenoxy) is 1. The molecule has 0 radical (unpaired) electrons. The van der Waals surface area contributed by atoms with Gasteiger partial charge >= 0.3 is 6.18 Å². The third kappa shape index (κ3) is 3.93. The van der Waals surface area contributed by atoms with E-state index in [2.05, 4.69) is 0 Å². The van der Waals surface area contributed by atoms with Crippen LogP contribution in [0.25, 0.3) is 0 Å². The summed E-state index contributed by atoms with van der Waals surface area (Å²) in [6, 6.07) is 18.3. The largest absolute Gasteiger partial charge is 0.497 e. The van der Waals surface area contributed by atoms with Crippen molar-refractivity contribution in [3.8, 4) is 5.75 Å². The number of hydrogen-bond donors (Lipinski definition) is 1. The normalized spacial score (nSPS) is 13.6. The summed E-state index contributed by atoms with van der Waals surface area (Å²) in [6.45, 7) is 0. The Kier molecular flexibility index (Phi) is 5.57. The predicted molar refractivity (Wildman–Crippen MR) is 107 cm³/mol.